The number of sulfonamides is 1. The molecule has 7 nitrogen and oxygen atoms in total. The molecule has 0 saturated carbocycles. The van der Waals surface area contributed by atoms with Gasteiger partial charge in [0.1, 0.15) is 18.4 Å². The summed E-state index contributed by atoms with van der Waals surface area (Å²) >= 11 is 3.40. The zero-order valence-corrected chi connectivity index (χ0v) is 23.1. The minimum atomic E-state index is -3.81. The smallest absolute Gasteiger partial charge is 0.244 e. The van der Waals surface area contributed by atoms with Crippen LogP contribution < -0.4 is 9.62 Å². The van der Waals surface area contributed by atoms with Gasteiger partial charge < -0.3 is 10.2 Å². The van der Waals surface area contributed by atoms with Crippen LogP contribution >= 0.6 is 15.9 Å². The SMILES string of the molecule is CC[C@H](C(=O)NCC(C)C)N(Cc1ccc(F)cc1)C(=O)CN(c1ccc(Br)c(C)c1)S(C)(=O)=O. The second-order valence-electron chi connectivity index (χ2n) is 8.91. The van der Waals surface area contributed by atoms with Gasteiger partial charge in [0.05, 0.1) is 11.9 Å². The van der Waals surface area contributed by atoms with Gasteiger partial charge >= 0.3 is 0 Å². The number of nitrogens with one attached hydrogen (secondary N) is 1. The van der Waals surface area contributed by atoms with Gasteiger partial charge in [-0.15, -0.1) is 0 Å². The lowest BCUT2D eigenvalue weighted by atomic mass is 10.1. The first kappa shape index (κ1) is 28.8. The van der Waals surface area contributed by atoms with Crippen molar-refractivity contribution in [1.29, 1.82) is 0 Å². The summed E-state index contributed by atoms with van der Waals surface area (Å²) in [6, 6.07) is 9.84. The van der Waals surface area contributed by atoms with Crippen molar-refractivity contribution < 1.29 is 22.4 Å². The van der Waals surface area contributed by atoms with Gasteiger partial charge in [0.2, 0.25) is 21.8 Å². The summed E-state index contributed by atoms with van der Waals surface area (Å²) in [4.78, 5) is 28.0. The monoisotopic (exact) mass is 569 g/mol. The number of carbonyl (C=O) groups is 2. The van der Waals surface area contributed by atoms with Crippen LogP contribution in [0, 0.1) is 18.7 Å². The summed E-state index contributed by atoms with van der Waals surface area (Å²) in [6.07, 6.45) is 1.36. The lowest BCUT2D eigenvalue weighted by molar-refractivity contribution is -0.140. The molecule has 10 heteroatoms. The quantitative estimate of drug-likeness (QED) is 0.438. The molecule has 0 unspecified atom stereocenters. The number of hydrogen-bond donors (Lipinski definition) is 1. The standard InChI is InChI=1S/C25H33BrFN3O4S/c1-6-23(25(32)28-14-17(2)3)29(15-19-7-9-20(27)10-8-19)24(31)16-30(35(5,33)34)21-11-12-22(26)18(4)13-21/h7-13,17,23H,6,14-16H2,1-5H3,(H,28,32)/t23-/m1/s1. The van der Waals surface area contributed by atoms with Crippen molar-refractivity contribution in [3.05, 3.63) is 63.9 Å². The molecule has 0 aromatic heterocycles. The lowest BCUT2D eigenvalue weighted by Gasteiger charge is -2.33. The average molecular weight is 571 g/mol. The first-order valence-electron chi connectivity index (χ1n) is 11.4. The zero-order valence-electron chi connectivity index (χ0n) is 20.7. The number of anilines is 1. The molecule has 2 rings (SSSR count). The van der Waals surface area contributed by atoms with E-state index in [9.17, 15) is 22.4 Å². The van der Waals surface area contributed by atoms with Crippen LogP contribution in [0.3, 0.4) is 0 Å². The van der Waals surface area contributed by atoms with Crippen molar-refractivity contribution in [3.63, 3.8) is 0 Å². The van der Waals surface area contributed by atoms with E-state index in [1.54, 1.807) is 37.3 Å². The van der Waals surface area contributed by atoms with E-state index in [4.69, 9.17) is 0 Å². The summed E-state index contributed by atoms with van der Waals surface area (Å²) in [5, 5.41) is 2.86. The Hall–Kier alpha value is -2.46. The third-order valence-corrected chi connectivity index (χ3v) is 7.48. The molecule has 0 aliphatic rings. The maximum atomic E-state index is 13.6. The average Bonchev–Trinajstić information content (AvgIpc) is 2.78. The molecule has 1 N–H and O–H groups in total. The van der Waals surface area contributed by atoms with E-state index in [-0.39, 0.29) is 18.4 Å². The van der Waals surface area contributed by atoms with Crippen molar-refractivity contribution in [1.82, 2.24) is 10.2 Å². The van der Waals surface area contributed by atoms with Crippen LogP contribution in [0.1, 0.15) is 38.3 Å². The van der Waals surface area contributed by atoms with Crippen molar-refractivity contribution in [2.24, 2.45) is 5.92 Å². The first-order chi connectivity index (χ1) is 16.3. The summed E-state index contributed by atoms with van der Waals surface area (Å²) in [6.45, 7) is 7.54. The Bertz CT molecular complexity index is 1140. The number of halogens is 2. The van der Waals surface area contributed by atoms with Crippen LogP contribution in [0.15, 0.2) is 46.9 Å². The summed E-state index contributed by atoms with van der Waals surface area (Å²) in [5.41, 5.74) is 1.78. The molecule has 0 radical (unpaired) electrons. The van der Waals surface area contributed by atoms with E-state index >= 15 is 0 Å². The molecule has 0 bridgehead atoms. The molecule has 1 atom stereocenters. The van der Waals surface area contributed by atoms with Gasteiger partial charge in [-0.2, -0.15) is 0 Å². The van der Waals surface area contributed by atoms with Crippen LogP contribution in [0.25, 0.3) is 0 Å². The van der Waals surface area contributed by atoms with Gasteiger partial charge in [0.15, 0.2) is 0 Å². The van der Waals surface area contributed by atoms with Crippen LogP contribution in [-0.2, 0) is 26.2 Å². The summed E-state index contributed by atoms with van der Waals surface area (Å²) in [7, 11) is -3.81. The van der Waals surface area contributed by atoms with Crippen LogP contribution in [0.4, 0.5) is 10.1 Å². The van der Waals surface area contributed by atoms with Gasteiger partial charge in [-0.25, -0.2) is 12.8 Å². The molecule has 0 heterocycles. The molecule has 0 fully saturated rings. The topological polar surface area (TPSA) is 86.8 Å². The van der Waals surface area contributed by atoms with Crippen LogP contribution in [-0.4, -0.2) is 50.5 Å². The van der Waals surface area contributed by atoms with Gasteiger partial charge in [-0.05, 0) is 60.7 Å². The molecule has 192 valence electrons. The molecule has 2 aromatic carbocycles. The Labute approximate surface area is 215 Å². The second-order valence-corrected chi connectivity index (χ2v) is 11.7. The highest BCUT2D eigenvalue weighted by atomic mass is 79.9. The number of amides is 2. The summed E-state index contributed by atoms with van der Waals surface area (Å²) < 4.78 is 40.6. The predicted molar refractivity (Wildman–Crippen MR) is 140 cm³/mol. The van der Waals surface area contributed by atoms with Gasteiger partial charge in [0, 0.05) is 17.6 Å². The van der Waals surface area contributed by atoms with Crippen LogP contribution in [0.5, 0.6) is 0 Å². The largest absolute Gasteiger partial charge is 0.354 e. The number of carbonyl (C=O) groups excluding carboxylic acids is 2. The third kappa shape index (κ3) is 8.31. The van der Waals surface area contributed by atoms with Crippen molar-refractivity contribution in [3.8, 4) is 0 Å². The molecular weight excluding hydrogens is 537 g/mol. The molecule has 0 saturated heterocycles. The third-order valence-electron chi connectivity index (χ3n) is 5.45. The highest BCUT2D eigenvalue weighted by Gasteiger charge is 2.31. The van der Waals surface area contributed by atoms with E-state index in [1.165, 1.54) is 17.0 Å². The maximum absolute atomic E-state index is 13.6. The lowest BCUT2D eigenvalue weighted by Crippen LogP contribution is -2.52. The fourth-order valence-corrected chi connectivity index (χ4v) is 4.61. The molecule has 35 heavy (non-hydrogen) atoms. The molecule has 2 amide bonds. The normalized spacial score (nSPS) is 12.3. The Morgan fingerprint density at radius 3 is 2.26 bits per heavy atom. The Morgan fingerprint density at radius 1 is 1.11 bits per heavy atom. The van der Waals surface area contributed by atoms with Crippen molar-refractivity contribution in [2.75, 3.05) is 23.7 Å². The van der Waals surface area contributed by atoms with Crippen LogP contribution in [0.2, 0.25) is 0 Å². The van der Waals surface area contributed by atoms with Gasteiger partial charge in [-0.1, -0.05) is 48.8 Å². The molecule has 0 spiro atoms. The van der Waals surface area contributed by atoms with E-state index in [1.807, 2.05) is 20.8 Å². The molecule has 0 aliphatic carbocycles. The zero-order chi connectivity index (χ0) is 26.3. The minimum absolute atomic E-state index is 0.0314. The van der Waals surface area contributed by atoms with E-state index in [0.717, 1.165) is 20.6 Å². The highest BCUT2D eigenvalue weighted by Crippen LogP contribution is 2.25. The summed E-state index contributed by atoms with van der Waals surface area (Å²) in [5.74, 6) is -1.05. The number of rotatable bonds is 11. The number of aryl methyl sites for hydroxylation is 1. The first-order valence-corrected chi connectivity index (χ1v) is 14.0. The predicted octanol–water partition coefficient (Wildman–Crippen LogP) is 4.24. The molecular formula is C25H33BrFN3O4S. The van der Waals surface area contributed by atoms with Gasteiger partial charge in [-0.3, -0.25) is 13.9 Å². The fraction of sp³-hybridized carbons (Fsp3) is 0.440. The highest BCUT2D eigenvalue weighted by molar-refractivity contribution is 9.10. The van der Waals surface area contributed by atoms with E-state index < -0.39 is 34.3 Å². The van der Waals surface area contributed by atoms with Crippen molar-refractivity contribution in [2.45, 2.75) is 46.7 Å². The van der Waals surface area contributed by atoms with E-state index in [0.29, 0.717) is 24.2 Å². The molecule has 2 aromatic rings. The minimum Gasteiger partial charge on any atom is -0.354 e. The van der Waals surface area contributed by atoms with E-state index in [2.05, 4.69) is 21.2 Å². The number of benzene rings is 2. The second kappa shape index (κ2) is 12.5. The Kier molecular flexibility index (Phi) is 10.3. The van der Waals surface area contributed by atoms with Gasteiger partial charge in [0.25, 0.3) is 0 Å². The van der Waals surface area contributed by atoms with Crippen molar-refractivity contribution >= 4 is 43.5 Å². The maximum Gasteiger partial charge on any atom is 0.244 e. The fourth-order valence-electron chi connectivity index (χ4n) is 3.53. The Morgan fingerprint density at radius 2 is 1.74 bits per heavy atom. The number of nitrogens with zero attached hydrogens (tertiary/aromatic N) is 2. The number of hydrogen-bond acceptors (Lipinski definition) is 4. The molecule has 0 aliphatic heterocycles. The Balaban J connectivity index is 2.43.